The monoisotopic (exact) mass is 395 g/mol. The zero-order valence-corrected chi connectivity index (χ0v) is 16.3. The Hall–Kier alpha value is -0.370. The first-order valence-corrected chi connectivity index (χ1v) is 9.18. The van der Waals surface area contributed by atoms with Crippen LogP contribution in [0.25, 0.3) is 0 Å². The fraction of sp³-hybridized carbons (Fsp3) is 0.938. The highest BCUT2D eigenvalue weighted by atomic mass is 79.9. The third-order valence-electron chi connectivity index (χ3n) is 3.50. The highest BCUT2D eigenvalue weighted by Crippen LogP contribution is 2.28. The van der Waals surface area contributed by atoms with Crippen LogP contribution in [0, 0.1) is 0 Å². The molecule has 136 valence electrons. The minimum atomic E-state index is -0.484. The van der Waals surface area contributed by atoms with E-state index in [2.05, 4.69) is 15.9 Å². The van der Waals surface area contributed by atoms with Gasteiger partial charge in [-0.25, -0.2) is 4.79 Å². The van der Waals surface area contributed by atoms with Gasteiger partial charge in [-0.15, -0.1) is 0 Å². The molecule has 1 saturated heterocycles. The summed E-state index contributed by atoms with van der Waals surface area (Å²) in [5, 5.41) is 0.678. The molecule has 0 aromatic rings. The summed E-state index contributed by atoms with van der Waals surface area (Å²) in [4.78, 5) is 14.0. The predicted octanol–water partition coefficient (Wildman–Crippen LogP) is 2.83. The predicted molar refractivity (Wildman–Crippen MR) is 92.2 cm³/mol. The number of likely N-dealkylation sites (tertiary alicyclic amines) is 1. The number of hydrogen-bond donors (Lipinski definition) is 0. The second kappa shape index (κ2) is 9.81. The largest absolute Gasteiger partial charge is 0.444 e. The molecule has 1 unspecified atom stereocenters. The number of rotatable bonds is 8. The molecule has 6 nitrogen and oxygen atoms in total. The molecule has 0 radical (unpaired) electrons. The van der Waals surface area contributed by atoms with Gasteiger partial charge in [-0.05, 0) is 33.6 Å². The van der Waals surface area contributed by atoms with E-state index in [9.17, 15) is 4.79 Å². The Balaban J connectivity index is 2.46. The summed E-state index contributed by atoms with van der Waals surface area (Å²) in [5.41, 5.74) is -0.860. The van der Waals surface area contributed by atoms with Crippen molar-refractivity contribution in [2.24, 2.45) is 0 Å². The van der Waals surface area contributed by atoms with E-state index in [1.54, 1.807) is 12.0 Å². The fourth-order valence-electron chi connectivity index (χ4n) is 2.41. The van der Waals surface area contributed by atoms with Gasteiger partial charge in [0.05, 0.1) is 38.6 Å². The van der Waals surface area contributed by atoms with Crippen molar-refractivity contribution in [1.82, 2.24) is 4.90 Å². The molecular formula is C16H30BrNO5. The molecule has 0 aromatic carbocycles. The van der Waals surface area contributed by atoms with E-state index in [0.29, 0.717) is 44.8 Å². The van der Waals surface area contributed by atoms with Crippen molar-refractivity contribution in [3.63, 3.8) is 0 Å². The molecule has 1 aliphatic rings. The van der Waals surface area contributed by atoms with Gasteiger partial charge in [-0.2, -0.15) is 0 Å². The van der Waals surface area contributed by atoms with Crippen LogP contribution >= 0.6 is 15.9 Å². The average Bonchev–Trinajstić information content (AvgIpc) is 2.49. The van der Waals surface area contributed by atoms with Crippen LogP contribution in [0.15, 0.2) is 0 Å². The van der Waals surface area contributed by atoms with Crippen LogP contribution in [-0.2, 0) is 18.9 Å². The summed E-state index contributed by atoms with van der Waals surface area (Å²) in [6, 6.07) is 0. The van der Waals surface area contributed by atoms with Gasteiger partial charge in [-0.1, -0.05) is 15.9 Å². The van der Waals surface area contributed by atoms with Gasteiger partial charge in [0, 0.05) is 19.0 Å². The minimum absolute atomic E-state index is 0.275. The molecule has 1 atom stereocenters. The maximum absolute atomic E-state index is 12.3. The third-order valence-corrected chi connectivity index (χ3v) is 4.52. The minimum Gasteiger partial charge on any atom is -0.444 e. The van der Waals surface area contributed by atoms with Crippen LogP contribution in [0.1, 0.15) is 33.6 Å². The number of alkyl halides is 1. The molecule has 23 heavy (non-hydrogen) atoms. The molecule has 1 heterocycles. The maximum atomic E-state index is 12.3. The molecule has 1 amide bonds. The zero-order valence-electron chi connectivity index (χ0n) is 14.7. The van der Waals surface area contributed by atoms with Crippen molar-refractivity contribution in [2.75, 3.05) is 52.0 Å². The summed E-state index contributed by atoms with van der Waals surface area (Å²) in [5.74, 6) is 0. The van der Waals surface area contributed by atoms with Crippen LogP contribution in [0.3, 0.4) is 0 Å². The lowest BCUT2D eigenvalue weighted by Crippen LogP contribution is -2.54. The number of halogens is 1. The van der Waals surface area contributed by atoms with Gasteiger partial charge < -0.3 is 23.8 Å². The van der Waals surface area contributed by atoms with Gasteiger partial charge >= 0.3 is 6.09 Å². The molecule has 0 saturated carbocycles. The Morgan fingerprint density at radius 2 is 1.91 bits per heavy atom. The number of amides is 1. The summed E-state index contributed by atoms with van der Waals surface area (Å²) in [6.45, 7) is 9.02. The summed E-state index contributed by atoms with van der Waals surface area (Å²) < 4.78 is 21.9. The van der Waals surface area contributed by atoms with Crippen LogP contribution in [0.5, 0.6) is 0 Å². The molecule has 7 heteroatoms. The molecule has 1 rings (SSSR count). The van der Waals surface area contributed by atoms with Crippen molar-refractivity contribution in [1.29, 1.82) is 0 Å². The first-order chi connectivity index (χ1) is 10.8. The number of nitrogens with zero attached hydrogens (tertiary/aromatic N) is 1. The Morgan fingerprint density at radius 3 is 2.52 bits per heavy atom. The Kier molecular flexibility index (Phi) is 8.82. The van der Waals surface area contributed by atoms with E-state index in [1.807, 2.05) is 20.8 Å². The van der Waals surface area contributed by atoms with Crippen LogP contribution < -0.4 is 0 Å². The Labute approximate surface area is 147 Å². The van der Waals surface area contributed by atoms with Crippen LogP contribution in [0.4, 0.5) is 4.79 Å². The molecular weight excluding hydrogens is 366 g/mol. The van der Waals surface area contributed by atoms with Gasteiger partial charge in [0.25, 0.3) is 0 Å². The average molecular weight is 396 g/mol. The first-order valence-electron chi connectivity index (χ1n) is 8.06. The smallest absolute Gasteiger partial charge is 0.410 e. The third kappa shape index (κ3) is 7.83. The first kappa shape index (κ1) is 20.7. The van der Waals surface area contributed by atoms with Crippen LogP contribution in [-0.4, -0.2) is 74.2 Å². The van der Waals surface area contributed by atoms with Crippen molar-refractivity contribution >= 4 is 22.0 Å². The maximum Gasteiger partial charge on any atom is 0.410 e. The number of piperidine rings is 1. The lowest BCUT2D eigenvalue weighted by molar-refractivity contribution is -0.0916. The van der Waals surface area contributed by atoms with E-state index in [0.717, 1.165) is 12.8 Å². The molecule has 0 N–H and O–H groups in total. The van der Waals surface area contributed by atoms with Crippen LogP contribution in [0.2, 0.25) is 0 Å². The molecule has 1 fully saturated rings. The van der Waals surface area contributed by atoms with Gasteiger partial charge in [0.15, 0.2) is 0 Å². The van der Waals surface area contributed by atoms with Crippen molar-refractivity contribution in [3.05, 3.63) is 0 Å². The molecule has 0 spiro atoms. The van der Waals surface area contributed by atoms with Gasteiger partial charge in [0.1, 0.15) is 5.60 Å². The lowest BCUT2D eigenvalue weighted by atomic mass is 9.95. The molecule has 0 aliphatic carbocycles. The lowest BCUT2D eigenvalue weighted by Gasteiger charge is -2.41. The van der Waals surface area contributed by atoms with E-state index in [4.69, 9.17) is 18.9 Å². The van der Waals surface area contributed by atoms with Gasteiger partial charge in [0.2, 0.25) is 0 Å². The Bertz CT molecular complexity index is 361. The highest BCUT2D eigenvalue weighted by molar-refractivity contribution is 9.09. The van der Waals surface area contributed by atoms with Gasteiger partial charge in [-0.3, -0.25) is 0 Å². The van der Waals surface area contributed by atoms with Crippen molar-refractivity contribution < 1.29 is 23.7 Å². The second-order valence-corrected chi connectivity index (χ2v) is 7.34. The fourth-order valence-corrected chi connectivity index (χ4v) is 3.03. The van der Waals surface area contributed by atoms with Crippen molar-refractivity contribution in [2.45, 2.75) is 44.8 Å². The molecule has 0 bridgehead atoms. The number of carbonyl (C=O) groups is 1. The standard InChI is InChI=1S/C16H30BrNO5/c1-15(2,3)23-14(19)18-7-5-6-16(12-17,13-18)22-11-10-21-9-8-20-4/h5-13H2,1-4H3. The van der Waals surface area contributed by atoms with E-state index in [-0.39, 0.29) is 11.7 Å². The number of carbonyl (C=O) groups excluding carboxylic acids is 1. The van der Waals surface area contributed by atoms with E-state index >= 15 is 0 Å². The Morgan fingerprint density at radius 1 is 1.22 bits per heavy atom. The SMILES string of the molecule is COCCOCCOC1(CBr)CCCN(C(=O)OC(C)(C)C)C1. The molecule has 0 aromatic heterocycles. The summed E-state index contributed by atoms with van der Waals surface area (Å²) in [6.07, 6.45) is 1.54. The van der Waals surface area contributed by atoms with E-state index < -0.39 is 5.60 Å². The normalized spacial score (nSPS) is 22.2. The zero-order chi connectivity index (χ0) is 17.3. The highest BCUT2D eigenvalue weighted by Gasteiger charge is 2.38. The van der Waals surface area contributed by atoms with Crippen molar-refractivity contribution in [3.8, 4) is 0 Å². The topological polar surface area (TPSA) is 57.2 Å². The quantitative estimate of drug-likeness (QED) is 0.467. The summed E-state index contributed by atoms with van der Waals surface area (Å²) >= 11 is 3.54. The number of methoxy groups -OCH3 is 1. The summed E-state index contributed by atoms with van der Waals surface area (Å²) in [7, 11) is 1.65. The van der Waals surface area contributed by atoms with E-state index in [1.165, 1.54) is 0 Å². The number of hydrogen-bond acceptors (Lipinski definition) is 5. The number of ether oxygens (including phenoxy) is 4. The second-order valence-electron chi connectivity index (χ2n) is 6.78. The molecule has 1 aliphatic heterocycles.